The molecule has 1 unspecified atom stereocenters. The van der Waals surface area contributed by atoms with E-state index >= 15 is 0 Å². The molecule has 1 N–H and O–H groups in total. The molecule has 1 aliphatic heterocycles. The lowest BCUT2D eigenvalue weighted by Crippen LogP contribution is -2.40. The van der Waals surface area contributed by atoms with E-state index in [4.69, 9.17) is 4.74 Å². The molecule has 28 heavy (non-hydrogen) atoms. The molecule has 7 nitrogen and oxygen atoms in total. The summed E-state index contributed by atoms with van der Waals surface area (Å²) >= 11 is 0. The third kappa shape index (κ3) is 3.82. The molecule has 0 aliphatic carbocycles. The van der Waals surface area contributed by atoms with Gasteiger partial charge < -0.3 is 15.0 Å². The Labute approximate surface area is 162 Å². The number of hydrogen-bond donors (Lipinski definition) is 1. The van der Waals surface area contributed by atoms with Gasteiger partial charge in [0.05, 0.1) is 17.4 Å². The van der Waals surface area contributed by atoms with Gasteiger partial charge in [-0.25, -0.2) is 13.9 Å². The van der Waals surface area contributed by atoms with Gasteiger partial charge in [0.15, 0.2) is 5.82 Å². The maximum Gasteiger partial charge on any atom is 0.254 e. The number of anilines is 1. The molecular weight excluding hydrogens is 361 g/mol. The van der Waals surface area contributed by atoms with Crippen LogP contribution in [0.5, 0.6) is 0 Å². The monoisotopic (exact) mass is 383 g/mol. The Morgan fingerprint density at radius 3 is 3.11 bits per heavy atom. The van der Waals surface area contributed by atoms with Crippen molar-refractivity contribution in [2.45, 2.75) is 19.4 Å². The fourth-order valence-electron chi connectivity index (χ4n) is 3.43. The Balaban J connectivity index is 1.47. The van der Waals surface area contributed by atoms with Gasteiger partial charge in [-0.05, 0) is 31.5 Å². The fourth-order valence-corrected chi connectivity index (χ4v) is 3.43. The molecule has 2 aromatic heterocycles. The predicted octanol–water partition coefficient (Wildman–Crippen LogP) is 2.20. The van der Waals surface area contributed by atoms with Crippen molar-refractivity contribution in [2.24, 2.45) is 0 Å². The van der Waals surface area contributed by atoms with E-state index in [0.29, 0.717) is 19.7 Å². The average molecular weight is 383 g/mol. The molecule has 8 heteroatoms. The Morgan fingerprint density at radius 2 is 2.25 bits per heavy atom. The van der Waals surface area contributed by atoms with Gasteiger partial charge in [-0.15, -0.1) is 0 Å². The third-order valence-electron chi connectivity index (χ3n) is 4.75. The highest BCUT2D eigenvalue weighted by Gasteiger charge is 2.23. The molecule has 0 spiro atoms. The van der Waals surface area contributed by atoms with Crippen LogP contribution in [0.1, 0.15) is 22.5 Å². The van der Waals surface area contributed by atoms with Gasteiger partial charge in [0, 0.05) is 38.6 Å². The van der Waals surface area contributed by atoms with Crippen LogP contribution in [0.15, 0.2) is 42.7 Å². The molecular formula is C20H22FN5O2. The Kier molecular flexibility index (Phi) is 5.21. The highest BCUT2D eigenvalue weighted by atomic mass is 19.1. The van der Waals surface area contributed by atoms with Crippen molar-refractivity contribution in [3.05, 3.63) is 59.8 Å². The normalized spacial score (nSPS) is 17.5. The summed E-state index contributed by atoms with van der Waals surface area (Å²) in [7, 11) is 0. The maximum absolute atomic E-state index is 13.8. The molecule has 1 aromatic carbocycles. The second-order valence-electron chi connectivity index (χ2n) is 6.85. The number of halogens is 1. The van der Waals surface area contributed by atoms with Crippen molar-refractivity contribution in [2.75, 3.05) is 31.1 Å². The van der Waals surface area contributed by atoms with Crippen molar-refractivity contribution < 1.29 is 13.9 Å². The van der Waals surface area contributed by atoms with Crippen molar-refractivity contribution >= 4 is 17.2 Å². The molecule has 0 bridgehead atoms. The van der Waals surface area contributed by atoms with Crippen LogP contribution in [-0.2, 0) is 4.74 Å². The molecule has 3 aromatic rings. The first-order valence-electron chi connectivity index (χ1n) is 9.32. The van der Waals surface area contributed by atoms with E-state index in [2.05, 4.69) is 20.3 Å². The van der Waals surface area contributed by atoms with Crippen molar-refractivity contribution in [3.63, 3.8) is 0 Å². The van der Waals surface area contributed by atoms with Gasteiger partial charge in [-0.3, -0.25) is 4.79 Å². The van der Waals surface area contributed by atoms with Crippen molar-refractivity contribution in [3.8, 4) is 0 Å². The van der Waals surface area contributed by atoms with Crippen molar-refractivity contribution in [1.29, 1.82) is 0 Å². The Hall–Kier alpha value is -3.00. The number of rotatable bonds is 4. The summed E-state index contributed by atoms with van der Waals surface area (Å²) in [6.45, 7) is 4.22. The average Bonchev–Trinajstić information content (AvgIpc) is 2.92. The summed E-state index contributed by atoms with van der Waals surface area (Å²) in [6.07, 6.45) is 4.19. The van der Waals surface area contributed by atoms with Gasteiger partial charge >= 0.3 is 0 Å². The molecule has 3 heterocycles. The lowest BCUT2D eigenvalue weighted by molar-refractivity contribution is 0.0638. The summed E-state index contributed by atoms with van der Waals surface area (Å²) in [4.78, 5) is 19.0. The smallest absolute Gasteiger partial charge is 0.254 e. The van der Waals surface area contributed by atoms with Gasteiger partial charge in [-0.2, -0.15) is 5.10 Å². The molecule has 1 fully saturated rings. The third-order valence-corrected chi connectivity index (χ3v) is 4.75. The van der Waals surface area contributed by atoms with E-state index in [9.17, 15) is 9.18 Å². The van der Waals surface area contributed by atoms with E-state index in [-0.39, 0.29) is 11.7 Å². The molecule has 1 amide bonds. The number of nitrogens with one attached hydrogen (secondary N) is 1. The second-order valence-corrected chi connectivity index (χ2v) is 6.85. The van der Waals surface area contributed by atoms with Gasteiger partial charge in [0.2, 0.25) is 0 Å². The van der Waals surface area contributed by atoms with E-state index in [1.54, 1.807) is 18.3 Å². The van der Waals surface area contributed by atoms with Crippen LogP contribution in [-0.4, -0.2) is 52.9 Å². The summed E-state index contributed by atoms with van der Waals surface area (Å²) in [5.74, 6) is -0.126. The molecule has 1 atom stereocenters. The Morgan fingerprint density at radius 1 is 1.39 bits per heavy atom. The van der Waals surface area contributed by atoms with Crippen LogP contribution in [0, 0.1) is 12.7 Å². The number of ether oxygens (including phenoxy) is 1. The maximum atomic E-state index is 13.8. The summed E-state index contributed by atoms with van der Waals surface area (Å²) in [5, 5.41) is 7.22. The van der Waals surface area contributed by atoms with Gasteiger partial charge in [-0.1, -0.05) is 12.1 Å². The molecule has 1 saturated heterocycles. The fraction of sp³-hybridized carbons (Fsp3) is 0.350. The van der Waals surface area contributed by atoms with Crippen LogP contribution in [0.4, 0.5) is 10.2 Å². The molecule has 4 rings (SSSR count). The van der Waals surface area contributed by atoms with Gasteiger partial charge in [0.1, 0.15) is 11.3 Å². The SMILES string of the molecule is Cc1cc2c(N3CCCOC(CNC(=O)c4ccccc4F)C3)nccn2n1. The zero-order valence-corrected chi connectivity index (χ0v) is 15.6. The molecule has 0 saturated carbocycles. The largest absolute Gasteiger partial charge is 0.374 e. The highest BCUT2D eigenvalue weighted by molar-refractivity contribution is 5.94. The minimum Gasteiger partial charge on any atom is -0.374 e. The van der Waals surface area contributed by atoms with Crippen LogP contribution in [0.25, 0.3) is 5.52 Å². The van der Waals surface area contributed by atoms with E-state index in [0.717, 1.165) is 30.0 Å². The minimum atomic E-state index is -0.532. The van der Waals surface area contributed by atoms with E-state index < -0.39 is 11.7 Å². The Bertz CT molecular complexity index is 990. The zero-order valence-electron chi connectivity index (χ0n) is 15.6. The number of amides is 1. The summed E-state index contributed by atoms with van der Waals surface area (Å²) in [5.41, 5.74) is 1.90. The summed E-state index contributed by atoms with van der Waals surface area (Å²) < 4.78 is 21.5. The molecule has 146 valence electrons. The standard InChI is InChI=1S/C20H22FN5O2/c1-14-11-18-19(22-7-9-26(18)24-14)25-8-4-10-28-15(13-25)12-23-20(27)16-5-2-3-6-17(16)21/h2-3,5-7,9,11,15H,4,8,10,12-13H2,1H3,(H,23,27). The first-order valence-corrected chi connectivity index (χ1v) is 9.32. The molecule has 0 radical (unpaired) electrons. The van der Waals surface area contributed by atoms with E-state index in [1.807, 2.05) is 23.7 Å². The van der Waals surface area contributed by atoms with Crippen LogP contribution in [0.3, 0.4) is 0 Å². The highest BCUT2D eigenvalue weighted by Crippen LogP contribution is 2.21. The number of fused-ring (bicyclic) bond motifs is 1. The second kappa shape index (κ2) is 7.93. The van der Waals surface area contributed by atoms with Crippen LogP contribution >= 0.6 is 0 Å². The number of aromatic nitrogens is 3. The minimum absolute atomic E-state index is 0.0362. The number of carbonyl (C=O) groups excluding carboxylic acids is 1. The zero-order chi connectivity index (χ0) is 19.5. The van der Waals surface area contributed by atoms with E-state index in [1.165, 1.54) is 12.1 Å². The number of aryl methyl sites for hydroxylation is 1. The van der Waals surface area contributed by atoms with Crippen molar-refractivity contribution in [1.82, 2.24) is 19.9 Å². The predicted molar refractivity (Wildman–Crippen MR) is 103 cm³/mol. The number of carbonyl (C=O) groups is 1. The number of hydrogen-bond acceptors (Lipinski definition) is 5. The lowest BCUT2D eigenvalue weighted by Gasteiger charge is -2.25. The lowest BCUT2D eigenvalue weighted by atomic mass is 10.2. The summed E-state index contributed by atoms with van der Waals surface area (Å²) in [6, 6.07) is 7.95. The molecule has 1 aliphatic rings. The van der Waals surface area contributed by atoms with Gasteiger partial charge in [0.25, 0.3) is 5.91 Å². The quantitative estimate of drug-likeness (QED) is 0.748. The topological polar surface area (TPSA) is 71.8 Å². The number of nitrogens with zero attached hydrogens (tertiary/aromatic N) is 4. The van der Waals surface area contributed by atoms with Crippen LogP contribution in [0.2, 0.25) is 0 Å². The first-order chi connectivity index (χ1) is 13.6. The number of benzene rings is 1. The van der Waals surface area contributed by atoms with Crippen LogP contribution < -0.4 is 10.2 Å². The first kappa shape index (κ1) is 18.4.